The van der Waals surface area contributed by atoms with Gasteiger partial charge in [-0.1, -0.05) is 41.7 Å². The Hall–Kier alpha value is -3.27. The molecule has 2 heterocycles. The molecule has 1 fully saturated rings. The van der Waals surface area contributed by atoms with E-state index in [0.29, 0.717) is 10.6 Å². The molecule has 2 aromatic rings. The molecular weight excluding hydrogens is 396 g/mol. The first-order chi connectivity index (χ1) is 13.9. The molecule has 0 aliphatic carbocycles. The average molecular weight is 416 g/mol. The largest absolute Gasteiger partial charge is 0.462 e. The molecular formula is C19H20N4O5S. The molecule has 29 heavy (non-hydrogen) atoms. The Morgan fingerprint density at radius 3 is 2.69 bits per heavy atom. The van der Waals surface area contributed by atoms with Crippen LogP contribution in [0.3, 0.4) is 0 Å². The lowest BCUT2D eigenvalue weighted by Gasteiger charge is -2.12. The molecule has 0 saturated carbocycles. The van der Waals surface area contributed by atoms with Gasteiger partial charge in [-0.3, -0.25) is 14.5 Å². The fraction of sp³-hybridized carbons (Fsp3) is 0.316. The van der Waals surface area contributed by atoms with Crippen molar-refractivity contribution in [1.29, 1.82) is 0 Å². The number of anilines is 1. The van der Waals surface area contributed by atoms with E-state index in [1.165, 1.54) is 0 Å². The number of urea groups is 1. The van der Waals surface area contributed by atoms with Crippen molar-refractivity contribution in [3.8, 4) is 0 Å². The van der Waals surface area contributed by atoms with Gasteiger partial charge in [-0.25, -0.2) is 14.6 Å². The minimum Gasteiger partial charge on any atom is -0.462 e. The summed E-state index contributed by atoms with van der Waals surface area (Å²) in [5.41, 5.74) is 1.26. The number of nitrogens with zero attached hydrogens (tertiary/aromatic N) is 2. The number of hydrogen-bond donors (Lipinski definition) is 2. The third-order valence-corrected chi connectivity index (χ3v) is 5.24. The molecule has 1 aromatic heterocycles. The predicted molar refractivity (Wildman–Crippen MR) is 105 cm³/mol. The van der Waals surface area contributed by atoms with E-state index in [-0.39, 0.29) is 24.7 Å². The zero-order chi connectivity index (χ0) is 21.0. The van der Waals surface area contributed by atoms with Gasteiger partial charge >= 0.3 is 12.0 Å². The molecule has 4 amide bonds. The van der Waals surface area contributed by atoms with Crippen LogP contribution < -0.4 is 10.6 Å². The zero-order valence-electron chi connectivity index (χ0n) is 15.9. The number of carbonyl (C=O) groups is 4. The monoisotopic (exact) mass is 416 g/mol. The minimum atomic E-state index is -0.947. The van der Waals surface area contributed by atoms with Gasteiger partial charge < -0.3 is 15.4 Å². The van der Waals surface area contributed by atoms with Gasteiger partial charge in [0.2, 0.25) is 5.91 Å². The first-order valence-corrected chi connectivity index (χ1v) is 9.81. The van der Waals surface area contributed by atoms with E-state index in [9.17, 15) is 19.2 Å². The SMILES string of the molecule is CCOC(=O)c1sc(NC(=O)C[C@H]2NC(=O)N(Cc3ccccc3)C2=O)nc1C. The van der Waals surface area contributed by atoms with E-state index < -0.39 is 29.9 Å². The van der Waals surface area contributed by atoms with Crippen molar-refractivity contribution in [3.63, 3.8) is 0 Å². The number of hydrogen-bond acceptors (Lipinski definition) is 7. The van der Waals surface area contributed by atoms with Crippen LogP contribution in [0.4, 0.5) is 9.93 Å². The van der Waals surface area contributed by atoms with E-state index in [0.717, 1.165) is 21.8 Å². The summed E-state index contributed by atoms with van der Waals surface area (Å²) in [6.45, 7) is 3.71. The standard InChI is InChI=1S/C19H20N4O5S/c1-3-28-17(26)15-11(2)20-18(29-15)22-14(24)9-13-16(25)23(19(27)21-13)10-12-7-5-4-6-8-12/h4-8,13H,3,9-10H2,1-2H3,(H,21,27)(H,20,22,24)/t13-/m1/s1. The molecule has 0 radical (unpaired) electrons. The maximum Gasteiger partial charge on any atom is 0.350 e. The van der Waals surface area contributed by atoms with Crippen LogP contribution in [0.15, 0.2) is 30.3 Å². The highest BCUT2D eigenvalue weighted by Crippen LogP contribution is 2.24. The molecule has 9 nitrogen and oxygen atoms in total. The number of aromatic nitrogens is 1. The van der Waals surface area contributed by atoms with Crippen molar-refractivity contribution in [2.75, 3.05) is 11.9 Å². The van der Waals surface area contributed by atoms with Crippen LogP contribution in [0.25, 0.3) is 0 Å². The Balaban J connectivity index is 1.60. The maximum atomic E-state index is 12.5. The number of aryl methyl sites for hydroxylation is 1. The smallest absolute Gasteiger partial charge is 0.350 e. The van der Waals surface area contributed by atoms with Crippen LogP contribution >= 0.6 is 11.3 Å². The number of benzene rings is 1. The first kappa shape index (κ1) is 20.5. The molecule has 1 aromatic carbocycles. The molecule has 1 atom stereocenters. The maximum absolute atomic E-state index is 12.5. The lowest BCUT2D eigenvalue weighted by Crippen LogP contribution is -2.34. The number of esters is 1. The summed E-state index contributed by atoms with van der Waals surface area (Å²) in [4.78, 5) is 54.3. The van der Waals surface area contributed by atoms with Gasteiger partial charge in [0.1, 0.15) is 10.9 Å². The van der Waals surface area contributed by atoms with E-state index >= 15 is 0 Å². The van der Waals surface area contributed by atoms with Gasteiger partial charge in [-0.15, -0.1) is 0 Å². The van der Waals surface area contributed by atoms with Crippen LogP contribution in [0.1, 0.15) is 34.3 Å². The Morgan fingerprint density at radius 2 is 2.00 bits per heavy atom. The number of imide groups is 1. The summed E-state index contributed by atoms with van der Waals surface area (Å²) in [7, 11) is 0. The van der Waals surface area contributed by atoms with Crippen molar-refractivity contribution in [2.45, 2.75) is 32.9 Å². The fourth-order valence-electron chi connectivity index (χ4n) is 2.82. The van der Waals surface area contributed by atoms with Gasteiger partial charge in [-0.05, 0) is 19.4 Å². The van der Waals surface area contributed by atoms with Crippen molar-refractivity contribution < 1.29 is 23.9 Å². The predicted octanol–water partition coefficient (Wildman–Crippen LogP) is 2.08. The summed E-state index contributed by atoms with van der Waals surface area (Å²) >= 11 is 0.997. The van der Waals surface area contributed by atoms with Crippen LogP contribution in [-0.2, 0) is 20.9 Å². The number of amides is 4. The molecule has 10 heteroatoms. The van der Waals surface area contributed by atoms with E-state index in [1.807, 2.05) is 30.3 Å². The summed E-state index contributed by atoms with van der Waals surface area (Å²) in [5.74, 6) is -1.45. The van der Waals surface area contributed by atoms with Crippen LogP contribution in [0.2, 0.25) is 0 Å². The molecule has 1 aliphatic heterocycles. The number of ether oxygens (including phenoxy) is 1. The van der Waals surface area contributed by atoms with Gasteiger partial charge in [0.25, 0.3) is 5.91 Å². The van der Waals surface area contributed by atoms with Crippen LogP contribution in [0.5, 0.6) is 0 Å². The fourth-order valence-corrected chi connectivity index (χ4v) is 3.70. The highest BCUT2D eigenvalue weighted by molar-refractivity contribution is 7.17. The number of nitrogens with one attached hydrogen (secondary N) is 2. The van der Waals surface area contributed by atoms with Gasteiger partial charge in [0, 0.05) is 0 Å². The second-order valence-corrected chi connectivity index (χ2v) is 7.32. The van der Waals surface area contributed by atoms with Crippen molar-refractivity contribution in [2.24, 2.45) is 0 Å². The van der Waals surface area contributed by atoms with Gasteiger partial charge in [-0.2, -0.15) is 0 Å². The molecule has 0 unspecified atom stereocenters. The zero-order valence-corrected chi connectivity index (χ0v) is 16.7. The van der Waals surface area contributed by atoms with Crippen molar-refractivity contribution >= 4 is 40.3 Å². The normalized spacial score (nSPS) is 15.9. The molecule has 1 saturated heterocycles. The molecule has 3 rings (SSSR count). The van der Waals surface area contributed by atoms with Crippen LogP contribution in [-0.4, -0.2) is 46.3 Å². The summed E-state index contributed by atoms with van der Waals surface area (Å²) in [5, 5.41) is 5.32. The number of carbonyl (C=O) groups excluding carboxylic acids is 4. The molecule has 152 valence electrons. The second kappa shape index (κ2) is 8.82. The number of rotatable bonds is 7. The number of thiazole rings is 1. The van der Waals surface area contributed by atoms with Gasteiger partial charge in [0.05, 0.1) is 25.3 Å². The Labute approximate surface area is 171 Å². The molecule has 1 aliphatic rings. The van der Waals surface area contributed by atoms with Crippen LogP contribution in [0, 0.1) is 6.92 Å². The minimum absolute atomic E-state index is 0.137. The Morgan fingerprint density at radius 1 is 1.28 bits per heavy atom. The topological polar surface area (TPSA) is 118 Å². The molecule has 0 spiro atoms. The van der Waals surface area contributed by atoms with Crippen molar-refractivity contribution in [1.82, 2.24) is 15.2 Å². The Bertz CT molecular complexity index is 943. The molecule has 2 N–H and O–H groups in total. The highest BCUT2D eigenvalue weighted by atomic mass is 32.1. The van der Waals surface area contributed by atoms with Gasteiger partial charge in [0.15, 0.2) is 5.13 Å². The third kappa shape index (κ3) is 4.77. The second-order valence-electron chi connectivity index (χ2n) is 6.32. The first-order valence-electron chi connectivity index (χ1n) is 8.99. The summed E-state index contributed by atoms with van der Waals surface area (Å²) in [6, 6.07) is 7.62. The van der Waals surface area contributed by atoms with E-state index in [1.54, 1.807) is 13.8 Å². The average Bonchev–Trinajstić information content (AvgIpc) is 3.17. The summed E-state index contributed by atoms with van der Waals surface area (Å²) < 4.78 is 4.94. The van der Waals surface area contributed by atoms with E-state index in [2.05, 4.69) is 15.6 Å². The quantitative estimate of drug-likeness (QED) is 0.527. The lowest BCUT2D eigenvalue weighted by molar-refractivity contribution is -0.130. The van der Waals surface area contributed by atoms with Crippen molar-refractivity contribution in [3.05, 3.63) is 46.5 Å². The highest BCUT2D eigenvalue weighted by Gasteiger charge is 2.39. The Kier molecular flexibility index (Phi) is 6.23. The third-order valence-electron chi connectivity index (χ3n) is 4.18. The molecule has 0 bridgehead atoms. The van der Waals surface area contributed by atoms with E-state index in [4.69, 9.17) is 4.74 Å². The lowest BCUT2D eigenvalue weighted by atomic mass is 10.2. The summed E-state index contributed by atoms with van der Waals surface area (Å²) in [6.07, 6.45) is -0.233.